The first-order valence-electron chi connectivity index (χ1n) is 7.90. The van der Waals surface area contributed by atoms with Crippen molar-refractivity contribution < 1.29 is 0 Å². The summed E-state index contributed by atoms with van der Waals surface area (Å²) in [5.41, 5.74) is 3.97. The quantitative estimate of drug-likeness (QED) is 0.399. The number of hydrogen-bond acceptors (Lipinski definition) is 0. The Balaban J connectivity index is 2.21. The van der Waals surface area contributed by atoms with E-state index in [4.69, 9.17) is 0 Å². The molecule has 0 aromatic heterocycles. The van der Waals surface area contributed by atoms with E-state index >= 15 is 0 Å². The van der Waals surface area contributed by atoms with Crippen LogP contribution < -0.4 is 13.2 Å². The third kappa shape index (κ3) is 3.41. The van der Waals surface area contributed by atoms with Crippen molar-refractivity contribution in [2.45, 2.75) is 20.8 Å². The first-order chi connectivity index (χ1) is 11.0. The van der Waals surface area contributed by atoms with Crippen LogP contribution in [0.3, 0.4) is 0 Å². The molecule has 0 unspecified atom stereocenters. The van der Waals surface area contributed by atoms with Crippen molar-refractivity contribution in [1.82, 2.24) is 0 Å². The molecular formula is C21H21GeI. The van der Waals surface area contributed by atoms with Gasteiger partial charge in [-0.25, -0.2) is 0 Å². The number of aryl methyl sites for hydroxylation is 3. The van der Waals surface area contributed by atoms with Gasteiger partial charge < -0.3 is 0 Å². The van der Waals surface area contributed by atoms with Crippen LogP contribution in [0.4, 0.5) is 0 Å². The monoisotopic (exact) mass is 474 g/mol. The summed E-state index contributed by atoms with van der Waals surface area (Å²) in [7, 11) is -2.61. The van der Waals surface area contributed by atoms with E-state index < -0.39 is 9.96 Å². The Morgan fingerprint density at radius 3 is 0.913 bits per heavy atom. The van der Waals surface area contributed by atoms with Gasteiger partial charge in [0.15, 0.2) is 0 Å². The second-order valence-corrected chi connectivity index (χ2v) is 21.1. The summed E-state index contributed by atoms with van der Waals surface area (Å²) >= 11 is 2.80. The zero-order chi connectivity index (χ0) is 16.4. The van der Waals surface area contributed by atoms with Crippen LogP contribution in [-0.4, -0.2) is 9.96 Å². The molecule has 0 N–H and O–H groups in total. The Morgan fingerprint density at radius 1 is 0.478 bits per heavy atom. The van der Waals surface area contributed by atoms with E-state index in [1.54, 1.807) is 0 Å². The molecule has 0 bridgehead atoms. The molecule has 0 saturated heterocycles. The fourth-order valence-electron chi connectivity index (χ4n) is 2.85. The zero-order valence-corrected chi connectivity index (χ0v) is 18.1. The van der Waals surface area contributed by atoms with Crippen LogP contribution in [-0.2, 0) is 0 Å². The van der Waals surface area contributed by atoms with Gasteiger partial charge in [0, 0.05) is 0 Å². The van der Waals surface area contributed by atoms with Crippen LogP contribution in [0.25, 0.3) is 0 Å². The third-order valence-electron chi connectivity index (χ3n) is 4.35. The summed E-state index contributed by atoms with van der Waals surface area (Å²) in [5.74, 6) is 0. The zero-order valence-electron chi connectivity index (χ0n) is 13.8. The van der Waals surface area contributed by atoms with Crippen LogP contribution >= 0.6 is 20.2 Å². The minimum absolute atomic E-state index is 1.32. The molecule has 0 aliphatic rings. The molecule has 0 atom stereocenters. The molecule has 0 nitrogen and oxygen atoms in total. The molecule has 2 heteroatoms. The summed E-state index contributed by atoms with van der Waals surface area (Å²) in [6.45, 7) is 6.47. The number of hydrogen-bond donors (Lipinski definition) is 0. The maximum atomic E-state index is 2.80. The summed E-state index contributed by atoms with van der Waals surface area (Å²) in [5, 5.41) is 0. The molecule has 0 amide bonds. The van der Waals surface area contributed by atoms with E-state index in [2.05, 4.69) is 114 Å². The van der Waals surface area contributed by atoms with Crippen molar-refractivity contribution in [2.75, 3.05) is 0 Å². The second kappa shape index (κ2) is 6.82. The second-order valence-electron chi connectivity index (χ2n) is 6.26. The van der Waals surface area contributed by atoms with Crippen LogP contribution in [0.5, 0.6) is 0 Å². The fraction of sp³-hybridized carbons (Fsp3) is 0.143. The Kier molecular flexibility index (Phi) is 4.97. The maximum absolute atomic E-state index is 2.80. The molecule has 3 aromatic carbocycles. The van der Waals surface area contributed by atoms with E-state index in [9.17, 15) is 0 Å². The van der Waals surface area contributed by atoms with E-state index in [-0.39, 0.29) is 0 Å². The fourth-order valence-corrected chi connectivity index (χ4v) is 14.5. The van der Waals surface area contributed by atoms with Gasteiger partial charge in [-0.15, -0.1) is 0 Å². The van der Waals surface area contributed by atoms with Gasteiger partial charge in [-0.1, -0.05) is 0 Å². The minimum atomic E-state index is -2.61. The molecule has 116 valence electrons. The standard InChI is InChI=1S/C21H21GeI/c1-16-4-10-19(11-5-16)22(23,20-12-6-17(2)7-13-20)21-14-8-18(3)9-15-21/h4-15H,1-3H3. The molecule has 0 heterocycles. The summed E-state index contributed by atoms with van der Waals surface area (Å²) in [4.78, 5) is 0. The van der Waals surface area contributed by atoms with E-state index in [1.807, 2.05) is 0 Å². The van der Waals surface area contributed by atoms with Gasteiger partial charge in [0.05, 0.1) is 0 Å². The van der Waals surface area contributed by atoms with E-state index in [1.165, 1.54) is 29.9 Å². The Labute approximate surface area is 152 Å². The van der Waals surface area contributed by atoms with Gasteiger partial charge in [-0.05, 0) is 0 Å². The van der Waals surface area contributed by atoms with Crippen LogP contribution in [0.1, 0.15) is 16.7 Å². The molecule has 0 spiro atoms. The summed E-state index contributed by atoms with van der Waals surface area (Å²) in [6.07, 6.45) is 0. The normalized spacial score (nSPS) is 11.5. The van der Waals surface area contributed by atoms with Gasteiger partial charge in [0.25, 0.3) is 0 Å². The van der Waals surface area contributed by atoms with Gasteiger partial charge in [-0.2, -0.15) is 0 Å². The number of rotatable bonds is 3. The first-order valence-corrected chi connectivity index (χ1v) is 17.4. The topological polar surface area (TPSA) is 0 Å². The van der Waals surface area contributed by atoms with Gasteiger partial charge in [0.2, 0.25) is 0 Å². The van der Waals surface area contributed by atoms with Gasteiger partial charge >= 0.3 is 154 Å². The number of benzene rings is 3. The summed E-state index contributed by atoms with van der Waals surface area (Å²) < 4.78 is 4.51. The Morgan fingerprint density at radius 2 is 0.696 bits per heavy atom. The van der Waals surface area contributed by atoms with E-state index in [0.717, 1.165) is 0 Å². The third-order valence-corrected chi connectivity index (χ3v) is 21.2. The molecule has 0 saturated carbocycles. The van der Waals surface area contributed by atoms with Gasteiger partial charge in [0.1, 0.15) is 0 Å². The molecule has 0 aliphatic carbocycles. The predicted octanol–water partition coefficient (Wildman–Crippen LogP) is 4.01. The van der Waals surface area contributed by atoms with Gasteiger partial charge in [-0.3, -0.25) is 0 Å². The average molecular weight is 473 g/mol. The number of halogens is 1. The van der Waals surface area contributed by atoms with Crippen LogP contribution in [0.2, 0.25) is 0 Å². The molecule has 3 rings (SSSR count). The van der Waals surface area contributed by atoms with E-state index in [0.29, 0.717) is 0 Å². The van der Waals surface area contributed by atoms with Crippen LogP contribution in [0, 0.1) is 20.8 Å². The molecule has 23 heavy (non-hydrogen) atoms. The molecule has 3 aromatic rings. The predicted molar refractivity (Wildman–Crippen MR) is 112 cm³/mol. The van der Waals surface area contributed by atoms with Crippen molar-refractivity contribution in [3.8, 4) is 0 Å². The Bertz CT molecular complexity index is 676. The van der Waals surface area contributed by atoms with Crippen molar-refractivity contribution in [3.63, 3.8) is 0 Å². The van der Waals surface area contributed by atoms with Crippen molar-refractivity contribution >= 4 is 43.4 Å². The molecule has 0 aliphatic heterocycles. The SMILES string of the molecule is Cc1cc[c]([Ge]([I])([c]2ccc(C)cc2)[c]2ccc(C)cc2)cc1. The van der Waals surface area contributed by atoms with Crippen molar-refractivity contribution in [2.24, 2.45) is 0 Å². The summed E-state index contributed by atoms with van der Waals surface area (Å²) in [6, 6.07) is 27.5. The van der Waals surface area contributed by atoms with Crippen LogP contribution in [0.15, 0.2) is 72.8 Å². The Hall–Kier alpha value is -1.07. The van der Waals surface area contributed by atoms with Crippen molar-refractivity contribution in [3.05, 3.63) is 89.5 Å². The average Bonchev–Trinajstić information content (AvgIpc) is 2.56. The first kappa shape index (κ1) is 16.8. The van der Waals surface area contributed by atoms with Crippen molar-refractivity contribution in [1.29, 1.82) is 0 Å². The molecular weight excluding hydrogens is 452 g/mol. The molecule has 0 fully saturated rings. The molecule has 0 radical (unpaired) electrons.